The number of carbonyl (C=O) groups is 2. The zero-order chi connectivity index (χ0) is 24.6. The van der Waals surface area contributed by atoms with Crippen molar-refractivity contribution < 1.29 is 18.4 Å². The van der Waals surface area contributed by atoms with E-state index < -0.39 is 12.1 Å². The van der Waals surface area contributed by atoms with Crippen molar-refractivity contribution in [1.82, 2.24) is 0 Å². The molecule has 1 aliphatic carbocycles. The van der Waals surface area contributed by atoms with E-state index in [4.69, 9.17) is 20.4 Å². The molecule has 8 heteroatoms. The van der Waals surface area contributed by atoms with Gasteiger partial charge in [0.1, 0.15) is 17.6 Å². The van der Waals surface area contributed by atoms with Gasteiger partial charge in [-0.3, -0.25) is 9.69 Å². The molecule has 0 unspecified atom stereocenters. The Bertz CT molecular complexity index is 1440. The third-order valence-electron chi connectivity index (χ3n) is 6.56. The molecule has 0 spiro atoms. The molecule has 0 saturated carbocycles. The molecule has 2 aliphatic rings. The number of carbonyl (C=O) groups excluding carboxylic acids is 2. The van der Waals surface area contributed by atoms with Crippen LogP contribution in [0.4, 0.5) is 21.9 Å². The average molecular weight is 500 g/mol. The summed E-state index contributed by atoms with van der Waals surface area (Å²) < 4.78 is 11.4. The second kappa shape index (κ2) is 9.09. The number of urea groups is 1. The number of amides is 2. The molecule has 2 amide bonds. The standard InChI is InChI=1S/C28H22ClN3O4/c29-18-9-11-19(12-10-18)30-28(34)32-22-6-2-1-5-20(22)31-21-15-17(24-7-3-13-35-24)16-23(33)26(21)27(32)25-8-4-14-36-25/h1-14,17,27,31H,15-16H2,(H,30,34)/t17-,27-/m0/s1. The molecule has 6 rings (SSSR count). The van der Waals surface area contributed by atoms with Crippen molar-refractivity contribution in [2.75, 3.05) is 15.5 Å². The van der Waals surface area contributed by atoms with Crippen molar-refractivity contribution in [1.29, 1.82) is 0 Å². The topological polar surface area (TPSA) is 87.7 Å². The van der Waals surface area contributed by atoms with E-state index >= 15 is 0 Å². The Balaban J connectivity index is 1.49. The maximum Gasteiger partial charge on any atom is 0.327 e. The molecular formula is C28H22ClN3O4. The second-order valence-corrected chi connectivity index (χ2v) is 9.24. The van der Waals surface area contributed by atoms with Crippen LogP contribution < -0.4 is 15.5 Å². The van der Waals surface area contributed by atoms with E-state index in [-0.39, 0.29) is 18.1 Å². The van der Waals surface area contributed by atoms with Gasteiger partial charge in [0.05, 0.1) is 23.9 Å². The molecular weight excluding hydrogens is 478 g/mol. The van der Waals surface area contributed by atoms with E-state index in [0.717, 1.165) is 17.1 Å². The van der Waals surface area contributed by atoms with Crippen LogP contribution in [0, 0.1) is 0 Å². The Hall–Kier alpha value is -4.23. The van der Waals surface area contributed by atoms with Gasteiger partial charge in [0.2, 0.25) is 0 Å². The normalized spacial score (nSPS) is 19.2. The number of furan rings is 2. The maximum absolute atomic E-state index is 13.9. The summed E-state index contributed by atoms with van der Waals surface area (Å²) in [6, 6.07) is 20.5. The molecule has 7 nitrogen and oxygen atoms in total. The first-order valence-electron chi connectivity index (χ1n) is 11.6. The predicted octanol–water partition coefficient (Wildman–Crippen LogP) is 7.13. The molecule has 2 atom stereocenters. The number of halogens is 1. The van der Waals surface area contributed by atoms with Crippen molar-refractivity contribution in [2.45, 2.75) is 24.8 Å². The molecule has 0 radical (unpaired) electrons. The van der Waals surface area contributed by atoms with Gasteiger partial charge in [-0.1, -0.05) is 23.7 Å². The number of rotatable bonds is 3. The summed E-state index contributed by atoms with van der Waals surface area (Å²) in [5.74, 6) is 1.10. The Morgan fingerprint density at radius 2 is 1.64 bits per heavy atom. The molecule has 0 saturated heterocycles. The van der Waals surface area contributed by atoms with Crippen LogP contribution in [-0.2, 0) is 4.79 Å². The number of para-hydroxylation sites is 2. The van der Waals surface area contributed by atoms with Crippen molar-refractivity contribution in [2.24, 2.45) is 0 Å². The molecule has 2 aromatic carbocycles. The van der Waals surface area contributed by atoms with Crippen LogP contribution >= 0.6 is 11.6 Å². The molecule has 0 fully saturated rings. The van der Waals surface area contributed by atoms with Gasteiger partial charge in [0.25, 0.3) is 0 Å². The molecule has 2 N–H and O–H groups in total. The predicted molar refractivity (Wildman–Crippen MR) is 137 cm³/mol. The number of Topliss-reactive ketones (excluding diaryl/α,β-unsaturated/α-hetero) is 1. The molecule has 0 bridgehead atoms. The minimum absolute atomic E-state index is 0.0661. The fraction of sp³-hybridized carbons (Fsp3) is 0.143. The van der Waals surface area contributed by atoms with Gasteiger partial charge in [0.15, 0.2) is 5.78 Å². The summed E-state index contributed by atoms with van der Waals surface area (Å²) in [6.45, 7) is 0. The molecule has 1 aliphatic heterocycles. The molecule has 4 aromatic rings. The maximum atomic E-state index is 13.9. The lowest BCUT2D eigenvalue weighted by Gasteiger charge is -2.33. The van der Waals surface area contributed by atoms with Crippen molar-refractivity contribution >= 4 is 40.5 Å². The molecule has 2 aromatic heterocycles. The zero-order valence-corrected chi connectivity index (χ0v) is 19.9. The number of nitrogens with one attached hydrogen (secondary N) is 2. The minimum atomic E-state index is -0.761. The number of benzene rings is 2. The van der Waals surface area contributed by atoms with E-state index in [9.17, 15) is 9.59 Å². The van der Waals surface area contributed by atoms with Crippen molar-refractivity contribution in [3.05, 3.63) is 113 Å². The molecule has 3 heterocycles. The lowest BCUT2D eigenvalue weighted by molar-refractivity contribution is -0.116. The minimum Gasteiger partial charge on any atom is -0.469 e. The number of hydrogen-bond donors (Lipinski definition) is 2. The summed E-state index contributed by atoms with van der Waals surface area (Å²) in [4.78, 5) is 29.2. The van der Waals surface area contributed by atoms with E-state index in [0.29, 0.717) is 34.2 Å². The summed E-state index contributed by atoms with van der Waals surface area (Å²) >= 11 is 6.02. The highest BCUT2D eigenvalue weighted by Gasteiger charge is 2.43. The van der Waals surface area contributed by atoms with Crippen molar-refractivity contribution in [3.8, 4) is 0 Å². The number of allylic oxidation sites excluding steroid dienone is 1. The largest absolute Gasteiger partial charge is 0.469 e. The SMILES string of the molecule is O=C1C[C@@H](c2ccco2)CC2=C1[C@H](c1ccco1)N(C(=O)Nc1ccc(Cl)cc1)c1ccccc1N2. The van der Waals surface area contributed by atoms with Gasteiger partial charge >= 0.3 is 6.03 Å². The Labute approximate surface area is 212 Å². The van der Waals surface area contributed by atoms with Crippen LogP contribution in [0.2, 0.25) is 5.02 Å². The highest BCUT2D eigenvalue weighted by Crippen LogP contribution is 2.47. The third-order valence-corrected chi connectivity index (χ3v) is 6.81. The molecule has 180 valence electrons. The number of hydrogen-bond acceptors (Lipinski definition) is 5. The van der Waals surface area contributed by atoms with E-state index in [1.54, 1.807) is 53.8 Å². The monoisotopic (exact) mass is 499 g/mol. The van der Waals surface area contributed by atoms with Crippen molar-refractivity contribution in [3.63, 3.8) is 0 Å². The number of fused-ring (bicyclic) bond motifs is 1. The first kappa shape index (κ1) is 22.2. The smallest absolute Gasteiger partial charge is 0.327 e. The second-order valence-electron chi connectivity index (χ2n) is 8.80. The van der Waals surface area contributed by atoms with Crippen LogP contribution in [0.3, 0.4) is 0 Å². The summed E-state index contributed by atoms with van der Waals surface area (Å²) in [5.41, 5.74) is 3.19. The first-order valence-corrected chi connectivity index (χ1v) is 12.0. The fourth-order valence-corrected chi connectivity index (χ4v) is 5.10. The van der Waals surface area contributed by atoms with E-state index in [1.807, 2.05) is 36.4 Å². The van der Waals surface area contributed by atoms with Gasteiger partial charge in [-0.2, -0.15) is 0 Å². The van der Waals surface area contributed by atoms with Crippen LogP contribution in [0.15, 0.2) is 105 Å². The fourth-order valence-electron chi connectivity index (χ4n) is 4.97. The summed E-state index contributed by atoms with van der Waals surface area (Å²) in [6.07, 6.45) is 4.00. The van der Waals surface area contributed by atoms with Crippen LogP contribution in [0.25, 0.3) is 0 Å². The summed E-state index contributed by atoms with van der Waals surface area (Å²) in [5, 5.41) is 6.99. The van der Waals surface area contributed by atoms with Gasteiger partial charge < -0.3 is 19.5 Å². The lowest BCUT2D eigenvalue weighted by Crippen LogP contribution is -2.40. The number of nitrogens with zero attached hydrogens (tertiary/aromatic N) is 1. The zero-order valence-electron chi connectivity index (χ0n) is 19.1. The van der Waals surface area contributed by atoms with Crippen LogP contribution in [0.5, 0.6) is 0 Å². The van der Waals surface area contributed by atoms with Gasteiger partial charge in [0, 0.05) is 34.3 Å². The lowest BCUT2D eigenvalue weighted by atomic mass is 9.81. The average Bonchev–Trinajstić information content (AvgIpc) is 3.58. The Morgan fingerprint density at radius 1 is 0.917 bits per heavy atom. The molecule has 36 heavy (non-hydrogen) atoms. The van der Waals surface area contributed by atoms with Gasteiger partial charge in [-0.25, -0.2) is 4.79 Å². The number of ketones is 1. The van der Waals surface area contributed by atoms with Crippen LogP contribution in [-0.4, -0.2) is 11.8 Å². The highest BCUT2D eigenvalue weighted by atomic mass is 35.5. The Kier molecular flexibility index (Phi) is 5.62. The number of anilines is 3. The Morgan fingerprint density at radius 3 is 2.36 bits per heavy atom. The highest BCUT2D eigenvalue weighted by molar-refractivity contribution is 6.30. The van der Waals surface area contributed by atoms with Crippen LogP contribution in [0.1, 0.15) is 36.3 Å². The van der Waals surface area contributed by atoms with Gasteiger partial charge in [-0.05, 0) is 67.1 Å². The van der Waals surface area contributed by atoms with E-state index in [1.165, 1.54) is 0 Å². The van der Waals surface area contributed by atoms with Gasteiger partial charge in [-0.15, -0.1) is 0 Å². The van der Waals surface area contributed by atoms with E-state index in [2.05, 4.69) is 10.6 Å². The third kappa shape index (κ3) is 3.97. The first-order chi connectivity index (χ1) is 17.6. The quantitative estimate of drug-likeness (QED) is 0.313. The summed E-state index contributed by atoms with van der Waals surface area (Å²) in [7, 11) is 0.